The fraction of sp³-hybridized carbons (Fsp3) is 1.00. The molecule has 8 heteroatoms. The number of hydrogen-bond acceptors (Lipinski definition) is 5. The van der Waals surface area contributed by atoms with Crippen LogP contribution in [-0.4, -0.2) is 36.8 Å². The van der Waals surface area contributed by atoms with Crippen LogP contribution in [0.3, 0.4) is 0 Å². The molecule has 0 aliphatic carbocycles. The molecule has 0 aromatic rings. The van der Waals surface area contributed by atoms with Crippen molar-refractivity contribution < 1.29 is 84.8 Å². The molecule has 0 fully saturated rings. The van der Waals surface area contributed by atoms with Gasteiger partial charge < -0.3 is 13.1 Å². The van der Waals surface area contributed by atoms with Crippen LogP contribution in [-0.2, 0) is 14.3 Å². The van der Waals surface area contributed by atoms with Crippen molar-refractivity contribution in [1.29, 1.82) is 0 Å². The van der Waals surface area contributed by atoms with Gasteiger partial charge in [-0.3, -0.25) is 4.18 Å². The van der Waals surface area contributed by atoms with Crippen LogP contribution in [0.25, 0.3) is 0 Å². The summed E-state index contributed by atoms with van der Waals surface area (Å²) >= 11 is 0. The van der Waals surface area contributed by atoms with Gasteiger partial charge in [-0.05, 0) is 12.8 Å². The molecule has 0 aromatic heterocycles. The minimum absolute atomic E-state index is 0. The van der Waals surface area contributed by atoms with Gasteiger partial charge in [-0.1, -0.05) is 71.6 Å². The van der Waals surface area contributed by atoms with Crippen molar-refractivity contribution in [2.24, 2.45) is 0 Å². The van der Waals surface area contributed by atoms with Gasteiger partial charge in [0, 0.05) is 6.42 Å². The number of rotatable bonds is 16. The van der Waals surface area contributed by atoms with Crippen LogP contribution in [0.15, 0.2) is 0 Å². The van der Waals surface area contributed by atoms with Gasteiger partial charge >= 0.3 is 59.1 Å². The number of aliphatic hydroxyl groups is 2. The second kappa shape index (κ2) is 19.2. The second-order valence-corrected chi connectivity index (χ2v) is 8.11. The standard InChI is InChI=1S/C17H36O5S.2Na.2H/c1-3-5-6-7-8-9-10-11-12-13-15-22-23(20,21)16-14-17(18,19)4-2;;;;/h18-19H,3-16H2,1-2H3;;;;/q;2*+1;2*-1. The average Bonchev–Trinajstić information content (AvgIpc) is 2.51. The van der Waals surface area contributed by atoms with E-state index in [0.29, 0.717) is 0 Å². The van der Waals surface area contributed by atoms with E-state index in [0.717, 1.165) is 19.3 Å². The molecule has 0 heterocycles. The van der Waals surface area contributed by atoms with Crippen LogP contribution < -0.4 is 59.1 Å². The summed E-state index contributed by atoms with van der Waals surface area (Å²) in [5.74, 6) is -2.28. The zero-order chi connectivity index (χ0) is 17.6. The Morgan fingerprint density at radius 1 is 0.840 bits per heavy atom. The van der Waals surface area contributed by atoms with E-state index in [2.05, 4.69) is 6.92 Å². The summed E-state index contributed by atoms with van der Waals surface area (Å²) in [5.41, 5.74) is 0. The molecule has 2 N–H and O–H groups in total. The zero-order valence-corrected chi connectivity index (χ0v) is 21.7. The molecule has 5 nitrogen and oxygen atoms in total. The van der Waals surface area contributed by atoms with Crippen LogP contribution in [0.1, 0.15) is 93.8 Å². The molecule has 0 saturated carbocycles. The van der Waals surface area contributed by atoms with Crippen molar-refractivity contribution >= 4 is 10.1 Å². The second-order valence-electron chi connectivity index (χ2n) is 6.35. The fourth-order valence-electron chi connectivity index (χ4n) is 2.30. The molecule has 0 bridgehead atoms. The van der Waals surface area contributed by atoms with Crippen LogP contribution in [0.4, 0.5) is 0 Å². The molecule has 0 spiro atoms. The van der Waals surface area contributed by atoms with E-state index in [1.807, 2.05) is 0 Å². The van der Waals surface area contributed by atoms with Gasteiger partial charge in [0.2, 0.25) is 0 Å². The van der Waals surface area contributed by atoms with E-state index in [1.165, 1.54) is 44.9 Å². The molecular formula is C17H38Na2O5S. The Morgan fingerprint density at radius 2 is 1.28 bits per heavy atom. The summed E-state index contributed by atoms with van der Waals surface area (Å²) in [5, 5.41) is 18.8. The molecule has 0 aliphatic heterocycles. The van der Waals surface area contributed by atoms with Gasteiger partial charge in [-0.15, -0.1) is 0 Å². The maximum Gasteiger partial charge on any atom is 1.00 e. The monoisotopic (exact) mass is 400 g/mol. The van der Waals surface area contributed by atoms with Crippen LogP contribution in [0.5, 0.6) is 0 Å². The normalized spacial score (nSPS) is 11.7. The fourth-order valence-corrected chi connectivity index (χ4v) is 3.37. The molecule has 0 atom stereocenters. The van der Waals surface area contributed by atoms with E-state index in [9.17, 15) is 18.6 Å². The summed E-state index contributed by atoms with van der Waals surface area (Å²) in [6.45, 7) is 4.00. The first kappa shape index (κ1) is 31.5. The van der Waals surface area contributed by atoms with Gasteiger partial charge in [0.15, 0.2) is 5.79 Å². The summed E-state index contributed by atoms with van der Waals surface area (Å²) in [6.07, 6.45) is 11.7. The minimum Gasteiger partial charge on any atom is -1.00 e. The molecule has 0 radical (unpaired) electrons. The third-order valence-electron chi connectivity index (χ3n) is 4.08. The maximum atomic E-state index is 11.6. The van der Waals surface area contributed by atoms with Gasteiger partial charge in [0.05, 0.1) is 12.4 Å². The predicted octanol–water partition coefficient (Wildman–Crippen LogP) is -2.03. The third kappa shape index (κ3) is 22.0. The van der Waals surface area contributed by atoms with Gasteiger partial charge in [0.1, 0.15) is 0 Å². The molecule has 0 aliphatic rings. The summed E-state index contributed by atoms with van der Waals surface area (Å²) in [6, 6.07) is 0. The number of unbranched alkanes of at least 4 members (excludes halogenated alkanes) is 9. The largest absolute Gasteiger partial charge is 1.00 e. The topological polar surface area (TPSA) is 83.8 Å². The molecule has 0 aromatic carbocycles. The van der Waals surface area contributed by atoms with Gasteiger partial charge in [-0.2, -0.15) is 8.42 Å². The maximum absolute atomic E-state index is 11.6. The SMILES string of the molecule is CCCCCCCCCCCCOS(=O)(=O)CCC(O)(O)CC.[H-].[H-].[Na+].[Na+]. The average molecular weight is 401 g/mol. The first-order chi connectivity index (χ1) is 10.8. The van der Waals surface area contributed by atoms with Crippen molar-refractivity contribution in [2.45, 2.75) is 96.7 Å². The Hall–Kier alpha value is 1.83. The first-order valence-electron chi connectivity index (χ1n) is 9.15. The van der Waals surface area contributed by atoms with Crippen LogP contribution in [0, 0.1) is 0 Å². The summed E-state index contributed by atoms with van der Waals surface area (Å²) in [7, 11) is -3.66. The predicted molar refractivity (Wildman–Crippen MR) is 95.9 cm³/mol. The molecule has 25 heavy (non-hydrogen) atoms. The van der Waals surface area contributed by atoms with Crippen LogP contribution >= 0.6 is 0 Å². The Kier molecular flexibility index (Phi) is 24.2. The molecule has 144 valence electrons. The Labute approximate surface area is 202 Å². The number of hydrogen-bond donors (Lipinski definition) is 2. The van der Waals surface area contributed by atoms with Crippen LogP contribution in [0.2, 0.25) is 0 Å². The summed E-state index contributed by atoms with van der Waals surface area (Å²) in [4.78, 5) is 0. The van der Waals surface area contributed by atoms with Crippen molar-refractivity contribution in [1.82, 2.24) is 0 Å². The van der Waals surface area contributed by atoms with E-state index in [1.54, 1.807) is 6.92 Å². The van der Waals surface area contributed by atoms with Crippen molar-refractivity contribution in [3.05, 3.63) is 0 Å². The summed E-state index contributed by atoms with van der Waals surface area (Å²) < 4.78 is 28.1. The van der Waals surface area contributed by atoms with E-state index >= 15 is 0 Å². The first-order valence-corrected chi connectivity index (χ1v) is 10.7. The molecule has 0 rings (SSSR count). The third-order valence-corrected chi connectivity index (χ3v) is 5.31. The zero-order valence-electron chi connectivity index (χ0n) is 18.9. The van der Waals surface area contributed by atoms with Crippen molar-refractivity contribution in [3.63, 3.8) is 0 Å². The Morgan fingerprint density at radius 3 is 1.72 bits per heavy atom. The van der Waals surface area contributed by atoms with E-state index in [4.69, 9.17) is 4.18 Å². The molecule has 0 amide bonds. The quantitative estimate of drug-likeness (QED) is 0.135. The van der Waals surface area contributed by atoms with Crippen molar-refractivity contribution in [3.8, 4) is 0 Å². The smallest absolute Gasteiger partial charge is 1.00 e. The van der Waals surface area contributed by atoms with Gasteiger partial charge in [0.25, 0.3) is 10.1 Å². The molecule has 0 unspecified atom stereocenters. The minimum atomic E-state index is -3.66. The van der Waals surface area contributed by atoms with Gasteiger partial charge in [-0.25, -0.2) is 0 Å². The molecular weight excluding hydrogens is 362 g/mol. The Balaban J connectivity index is -0.000000403. The van der Waals surface area contributed by atoms with E-state index < -0.39 is 15.9 Å². The van der Waals surface area contributed by atoms with E-state index in [-0.39, 0.29) is 87.2 Å². The molecule has 0 saturated heterocycles. The van der Waals surface area contributed by atoms with Crippen molar-refractivity contribution in [2.75, 3.05) is 12.4 Å². The Bertz CT molecular complexity index is 386.